The topological polar surface area (TPSA) is 54.5 Å². The zero-order valence-electron chi connectivity index (χ0n) is 10.7. The third-order valence-electron chi connectivity index (χ3n) is 3.03. The molecule has 1 saturated heterocycles. The summed E-state index contributed by atoms with van der Waals surface area (Å²) in [6.07, 6.45) is 2.26. The van der Waals surface area contributed by atoms with Gasteiger partial charge in [0.15, 0.2) is 0 Å². The van der Waals surface area contributed by atoms with Gasteiger partial charge < -0.3 is 15.0 Å². The van der Waals surface area contributed by atoms with Crippen molar-refractivity contribution in [3.63, 3.8) is 0 Å². The Morgan fingerprint density at radius 2 is 2.22 bits per heavy atom. The van der Waals surface area contributed by atoms with Crippen LogP contribution in [0, 0.1) is 0 Å². The number of ether oxygens (including phenoxy) is 1. The molecular formula is C13H19N3O2. The number of methoxy groups -OCH3 is 1. The van der Waals surface area contributed by atoms with Crippen molar-refractivity contribution in [1.82, 2.24) is 15.2 Å². The van der Waals surface area contributed by atoms with Crippen LogP contribution in [-0.2, 0) is 11.3 Å². The van der Waals surface area contributed by atoms with E-state index in [1.165, 1.54) is 0 Å². The maximum atomic E-state index is 11.8. The number of carbonyl (C=O) groups is 1. The zero-order chi connectivity index (χ0) is 12.8. The second-order valence-corrected chi connectivity index (χ2v) is 4.36. The van der Waals surface area contributed by atoms with Crippen molar-refractivity contribution in [2.45, 2.75) is 19.4 Å². The quantitative estimate of drug-likeness (QED) is 0.838. The van der Waals surface area contributed by atoms with E-state index in [0.29, 0.717) is 19.0 Å². The summed E-state index contributed by atoms with van der Waals surface area (Å²) in [5, 5.41) is 3.12. The Hall–Kier alpha value is -1.62. The van der Waals surface area contributed by atoms with Crippen LogP contribution >= 0.6 is 0 Å². The van der Waals surface area contributed by atoms with Gasteiger partial charge in [-0.25, -0.2) is 4.98 Å². The number of carbonyl (C=O) groups excluding carboxylic acids is 1. The van der Waals surface area contributed by atoms with E-state index in [1.807, 2.05) is 17.0 Å². The first-order valence-electron chi connectivity index (χ1n) is 6.28. The number of pyridine rings is 1. The van der Waals surface area contributed by atoms with Gasteiger partial charge in [0.05, 0.1) is 19.3 Å². The molecule has 0 saturated carbocycles. The van der Waals surface area contributed by atoms with Crippen LogP contribution in [0.5, 0.6) is 5.88 Å². The van der Waals surface area contributed by atoms with Gasteiger partial charge in [-0.3, -0.25) is 4.79 Å². The molecule has 1 N–H and O–H groups in total. The fourth-order valence-corrected chi connectivity index (χ4v) is 2.05. The van der Waals surface area contributed by atoms with Crippen LogP contribution < -0.4 is 10.1 Å². The lowest BCUT2D eigenvalue weighted by Crippen LogP contribution is -2.36. The van der Waals surface area contributed by atoms with Gasteiger partial charge in [0, 0.05) is 25.7 Å². The zero-order valence-corrected chi connectivity index (χ0v) is 10.7. The van der Waals surface area contributed by atoms with E-state index in [-0.39, 0.29) is 5.91 Å². The minimum atomic E-state index is 0.176. The van der Waals surface area contributed by atoms with Gasteiger partial charge in [-0.05, 0) is 18.9 Å². The second-order valence-electron chi connectivity index (χ2n) is 4.36. The van der Waals surface area contributed by atoms with E-state index in [0.717, 1.165) is 31.6 Å². The van der Waals surface area contributed by atoms with Crippen LogP contribution in [0.2, 0.25) is 0 Å². The highest BCUT2D eigenvalue weighted by Gasteiger charge is 2.16. The first-order chi connectivity index (χ1) is 8.79. The number of likely N-dealkylation sites (tertiary alicyclic amines) is 1. The first kappa shape index (κ1) is 12.8. The molecule has 1 amide bonds. The van der Waals surface area contributed by atoms with Crippen LogP contribution in [0.4, 0.5) is 0 Å². The average Bonchev–Trinajstić information content (AvgIpc) is 2.93. The second kappa shape index (κ2) is 6.35. The summed E-state index contributed by atoms with van der Waals surface area (Å²) in [7, 11) is 1.59. The van der Waals surface area contributed by atoms with E-state index in [9.17, 15) is 4.79 Å². The van der Waals surface area contributed by atoms with Crippen molar-refractivity contribution in [2.24, 2.45) is 0 Å². The highest BCUT2D eigenvalue weighted by atomic mass is 16.5. The Kier molecular flexibility index (Phi) is 4.52. The molecular weight excluding hydrogens is 230 g/mol. The van der Waals surface area contributed by atoms with Crippen LogP contribution in [0.15, 0.2) is 18.2 Å². The minimum absolute atomic E-state index is 0.176. The fourth-order valence-electron chi connectivity index (χ4n) is 2.05. The number of aromatic nitrogens is 1. The molecule has 0 spiro atoms. The molecule has 5 nitrogen and oxygen atoms in total. The first-order valence-corrected chi connectivity index (χ1v) is 6.28. The van der Waals surface area contributed by atoms with E-state index in [1.54, 1.807) is 13.2 Å². The van der Waals surface area contributed by atoms with Gasteiger partial charge in [-0.1, -0.05) is 6.07 Å². The number of nitrogens with zero attached hydrogens (tertiary/aromatic N) is 2. The summed E-state index contributed by atoms with van der Waals surface area (Å²) in [6, 6.07) is 5.61. The molecule has 0 unspecified atom stereocenters. The van der Waals surface area contributed by atoms with E-state index < -0.39 is 0 Å². The molecule has 1 aromatic heterocycles. The van der Waals surface area contributed by atoms with Gasteiger partial charge in [0.1, 0.15) is 0 Å². The molecule has 98 valence electrons. The van der Waals surface area contributed by atoms with Crippen LogP contribution in [0.3, 0.4) is 0 Å². The van der Waals surface area contributed by atoms with Gasteiger partial charge in [-0.2, -0.15) is 0 Å². The molecule has 18 heavy (non-hydrogen) atoms. The van der Waals surface area contributed by atoms with Crippen LogP contribution in [0.1, 0.15) is 18.5 Å². The van der Waals surface area contributed by atoms with Gasteiger partial charge in [-0.15, -0.1) is 0 Å². The summed E-state index contributed by atoms with van der Waals surface area (Å²) in [5.74, 6) is 0.774. The molecule has 1 fully saturated rings. The third kappa shape index (κ3) is 3.43. The number of rotatable bonds is 5. The van der Waals surface area contributed by atoms with Crippen LogP contribution in [0.25, 0.3) is 0 Å². The van der Waals surface area contributed by atoms with Crippen molar-refractivity contribution in [3.05, 3.63) is 23.9 Å². The Bertz CT molecular complexity index is 403. The highest BCUT2D eigenvalue weighted by molar-refractivity contribution is 5.78. The predicted octanol–water partition coefficient (Wildman–Crippen LogP) is 0.802. The molecule has 0 bridgehead atoms. The maximum absolute atomic E-state index is 11.8. The Morgan fingerprint density at radius 1 is 1.44 bits per heavy atom. The highest BCUT2D eigenvalue weighted by Crippen LogP contribution is 2.08. The monoisotopic (exact) mass is 249 g/mol. The maximum Gasteiger partial charge on any atom is 0.236 e. The lowest BCUT2D eigenvalue weighted by Gasteiger charge is -2.15. The van der Waals surface area contributed by atoms with Gasteiger partial charge in [0.25, 0.3) is 0 Å². The van der Waals surface area contributed by atoms with Crippen molar-refractivity contribution < 1.29 is 9.53 Å². The lowest BCUT2D eigenvalue weighted by atomic mass is 10.3. The molecule has 2 rings (SSSR count). The number of nitrogens with one attached hydrogen (secondary N) is 1. The standard InChI is InChI=1S/C13H19N3O2/c1-18-12-6-4-5-11(15-12)9-14-10-13(17)16-7-2-3-8-16/h4-6,14H,2-3,7-10H2,1H3. The molecule has 0 atom stereocenters. The smallest absolute Gasteiger partial charge is 0.236 e. The molecule has 1 aromatic rings. The third-order valence-corrected chi connectivity index (χ3v) is 3.03. The molecule has 0 aromatic carbocycles. The molecule has 2 heterocycles. The molecule has 1 aliphatic rings. The molecule has 5 heteroatoms. The fraction of sp³-hybridized carbons (Fsp3) is 0.538. The number of hydrogen-bond acceptors (Lipinski definition) is 4. The van der Waals surface area contributed by atoms with E-state index >= 15 is 0 Å². The molecule has 0 radical (unpaired) electrons. The van der Waals surface area contributed by atoms with E-state index in [2.05, 4.69) is 10.3 Å². The summed E-state index contributed by atoms with van der Waals surface area (Å²) < 4.78 is 5.05. The largest absolute Gasteiger partial charge is 0.481 e. The van der Waals surface area contributed by atoms with Gasteiger partial charge >= 0.3 is 0 Å². The summed E-state index contributed by atoms with van der Waals surface area (Å²) in [4.78, 5) is 18.0. The SMILES string of the molecule is COc1cccc(CNCC(=O)N2CCCC2)n1. The number of amides is 1. The summed E-state index contributed by atoms with van der Waals surface area (Å²) in [5.41, 5.74) is 0.878. The summed E-state index contributed by atoms with van der Waals surface area (Å²) in [6.45, 7) is 2.76. The Balaban J connectivity index is 1.75. The summed E-state index contributed by atoms with van der Waals surface area (Å²) >= 11 is 0. The Labute approximate surface area is 107 Å². The number of hydrogen-bond donors (Lipinski definition) is 1. The molecule has 1 aliphatic heterocycles. The lowest BCUT2D eigenvalue weighted by molar-refractivity contribution is -0.129. The van der Waals surface area contributed by atoms with Crippen molar-refractivity contribution in [1.29, 1.82) is 0 Å². The minimum Gasteiger partial charge on any atom is -0.481 e. The van der Waals surface area contributed by atoms with E-state index in [4.69, 9.17) is 4.74 Å². The normalized spacial score (nSPS) is 14.8. The molecule has 0 aliphatic carbocycles. The van der Waals surface area contributed by atoms with Gasteiger partial charge in [0.2, 0.25) is 11.8 Å². The van der Waals surface area contributed by atoms with Crippen LogP contribution in [-0.4, -0.2) is 42.5 Å². The van der Waals surface area contributed by atoms with Crippen molar-refractivity contribution in [2.75, 3.05) is 26.7 Å². The Morgan fingerprint density at radius 3 is 2.94 bits per heavy atom. The van der Waals surface area contributed by atoms with Crippen molar-refractivity contribution in [3.8, 4) is 5.88 Å². The average molecular weight is 249 g/mol. The predicted molar refractivity (Wildman–Crippen MR) is 68.3 cm³/mol. The van der Waals surface area contributed by atoms with Crippen molar-refractivity contribution >= 4 is 5.91 Å².